The zero-order chi connectivity index (χ0) is 25.4. The van der Waals surface area contributed by atoms with Crippen LogP contribution in [0.4, 0.5) is 0 Å². The van der Waals surface area contributed by atoms with Crippen molar-refractivity contribution in [3.8, 4) is 0 Å². The zero-order valence-electron chi connectivity index (χ0n) is 20.5. The molecule has 0 radical (unpaired) electrons. The quantitative estimate of drug-likeness (QED) is 0.346. The number of nitrogens with one attached hydrogen (secondary N) is 1. The number of carbonyl (C=O) groups excluding carboxylic acids is 2. The van der Waals surface area contributed by atoms with Crippen LogP contribution in [0.5, 0.6) is 0 Å². The Morgan fingerprint density at radius 1 is 0.857 bits per heavy atom. The van der Waals surface area contributed by atoms with Gasteiger partial charge in [-0.1, -0.05) is 95.8 Å². The van der Waals surface area contributed by atoms with Gasteiger partial charge in [-0.25, -0.2) is 0 Å². The van der Waals surface area contributed by atoms with E-state index in [1.807, 2.05) is 69.3 Å². The molecule has 0 saturated carbocycles. The highest BCUT2D eigenvalue weighted by Gasteiger charge is 2.30. The first-order valence-electron chi connectivity index (χ1n) is 11.9. The lowest BCUT2D eigenvalue weighted by Gasteiger charge is -2.32. The molecule has 0 unspecified atom stereocenters. The molecular formula is C29H32Cl2N2O2. The molecule has 0 aromatic heterocycles. The van der Waals surface area contributed by atoms with Gasteiger partial charge in [-0.2, -0.15) is 0 Å². The molecule has 2 amide bonds. The maximum Gasteiger partial charge on any atom is 0.243 e. The van der Waals surface area contributed by atoms with Crippen LogP contribution < -0.4 is 5.32 Å². The summed E-state index contributed by atoms with van der Waals surface area (Å²) in [5, 5.41) is 3.86. The Kier molecular flexibility index (Phi) is 9.76. The zero-order valence-corrected chi connectivity index (χ0v) is 22.0. The number of rotatable bonds is 10. The second-order valence-corrected chi connectivity index (χ2v) is 9.75. The number of nitrogens with zero attached hydrogens (tertiary/aromatic N) is 1. The van der Waals surface area contributed by atoms with Crippen LogP contribution in [0.2, 0.25) is 10.0 Å². The number of benzene rings is 3. The normalized spacial score (nSPS) is 11.7. The van der Waals surface area contributed by atoms with E-state index < -0.39 is 6.04 Å². The van der Waals surface area contributed by atoms with Crippen LogP contribution in [0.25, 0.3) is 0 Å². The molecule has 1 atom stereocenters. The molecule has 3 rings (SSSR count). The van der Waals surface area contributed by atoms with E-state index in [1.165, 1.54) is 0 Å². The molecule has 4 nitrogen and oxygen atoms in total. The Hall–Kier alpha value is -2.82. The van der Waals surface area contributed by atoms with Crippen molar-refractivity contribution in [2.45, 2.75) is 52.6 Å². The summed E-state index contributed by atoms with van der Waals surface area (Å²) < 4.78 is 0. The fourth-order valence-corrected chi connectivity index (χ4v) is 4.52. The van der Waals surface area contributed by atoms with Gasteiger partial charge in [0.15, 0.2) is 0 Å². The van der Waals surface area contributed by atoms with Gasteiger partial charge in [0.1, 0.15) is 6.04 Å². The topological polar surface area (TPSA) is 49.4 Å². The fraction of sp³-hybridized carbons (Fsp3) is 0.310. The second kappa shape index (κ2) is 12.8. The number of hydrogen-bond acceptors (Lipinski definition) is 2. The third-order valence-corrected chi connectivity index (χ3v) is 6.53. The molecule has 0 aliphatic heterocycles. The maximum atomic E-state index is 13.8. The third-order valence-electron chi connectivity index (χ3n) is 5.79. The number of carbonyl (C=O) groups is 2. The van der Waals surface area contributed by atoms with Gasteiger partial charge in [0.2, 0.25) is 11.8 Å². The minimum Gasteiger partial charge on any atom is -0.354 e. The molecule has 0 saturated heterocycles. The monoisotopic (exact) mass is 510 g/mol. The van der Waals surface area contributed by atoms with Gasteiger partial charge in [0.05, 0.1) is 16.5 Å². The number of hydrogen-bond donors (Lipinski definition) is 1. The van der Waals surface area contributed by atoms with Crippen LogP contribution in [-0.2, 0) is 29.0 Å². The smallest absolute Gasteiger partial charge is 0.243 e. The summed E-state index contributed by atoms with van der Waals surface area (Å²) in [6, 6.07) is 20.5. The summed E-state index contributed by atoms with van der Waals surface area (Å²) in [5.41, 5.74) is 4.94. The van der Waals surface area contributed by atoms with Gasteiger partial charge in [-0.05, 0) is 49.1 Å². The fourth-order valence-electron chi connectivity index (χ4n) is 4.20. The molecule has 0 spiro atoms. The average molecular weight is 511 g/mol. The number of aryl methyl sites for hydroxylation is 2. The summed E-state index contributed by atoms with van der Waals surface area (Å²) in [5.74, 6) is -0.279. The van der Waals surface area contributed by atoms with Crippen molar-refractivity contribution in [1.82, 2.24) is 10.2 Å². The molecule has 35 heavy (non-hydrogen) atoms. The predicted molar refractivity (Wildman–Crippen MR) is 144 cm³/mol. The molecule has 184 valence electrons. The van der Waals surface area contributed by atoms with Crippen LogP contribution in [0, 0.1) is 13.8 Å². The van der Waals surface area contributed by atoms with Gasteiger partial charge in [-0.3, -0.25) is 9.59 Å². The van der Waals surface area contributed by atoms with Gasteiger partial charge in [-0.15, -0.1) is 0 Å². The van der Waals surface area contributed by atoms with Crippen molar-refractivity contribution in [1.29, 1.82) is 0 Å². The standard InChI is InChI=1S/C29H32Cl2N2O2/c1-4-12-32-29(35)27(17-22-8-6-5-7-9-22)33(19-23-10-11-25(30)26(31)16-23)28(34)18-24-14-20(2)13-21(3)15-24/h5-11,13-16,27H,4,12,17-19H2,1-3H3,(H,32,35)/t27-/m0/s1. The maximum absolute atomic E-state index is 13.8. The van der Waals surface area contributed by atoms with Crippen LogP contribution >= 0.6 is 23.2 Å². The molecule has 6 heteroatoms. The first kappa shape index (κ1) is 26.8. The highest BCUT2D eigenvalue weighted by Crippen LogP contribution is 2.25. The summed E-state index contributed by atoms with van der Waals surface area (Å²) >= 11 is 12.4. The highest BCUT2D eigenvalue weighted by molar-refractivity contribution is 6.42. The van der Waals surface area contributed by atoms with E-state index in [0.717, 1.165) is 34.2 Å². The molecule has 3 aromatic rings. The Bertz CT molecular complexity index is 1140. The lowest BCUT2D eigenvalue weighted by molar-refractivity contribution is -0.140. The van der Waals surface area contributed by atoms with E-state index >= 15 is 0 Å². The van der Waals surface area contributed by atoms with Crippen LogP contribution in [0.15, 0.2) is 66.7 Å². The summed E-state index contributed by atoms with van der Waals surface area (Å²) in [6.45, 7) is 6.84. The summed E-state index contributed by atoms with van der Waals surface area (Å²) in [4.78, 5) is 28.8. The number of halogens is 2. The van der Waals surface area contributed by atoms with Crippen molar-refractivity contribution in [3.05, 3.63) is 105 Å². The minimum absolute atomic E-state index is 0.117. The van der Waals surface area contributed by atoms with E-state index in [0.29, 0.717) is 23.0 Å². The first-order valence-corrected chi connectivity index (χ1v) is 12.6. The molecular weight excluding hydrogens is 479 g/mol. The van der Waals surface area contributed by atoms with Crippen molar-refractivity contribution >= 4 is 35.0 Å². The largest absolute Gasteiger partial charge is 0.354 e. The van der Waals surface area contributed by atoms with Gasteiger partial charge >= 0.3 is 0 Å². The van der Waals surface area contributed by atoms with Crippen molar-refractivity contribution < 1.29 is 9.59 Å². The molecule has 0 aliphatic rings. The Morgan fingerprint density at radius 3 is 2.17 bits per heavy atom. The Balaban J connectivity index is 1.99. The van der Waals surface area contributed by atoms with E-state index in [2.05, 4.69) is 11.4 Å². The second-order valence-electron chi connectivity index (χ2n) is 8.94. The van der Waals surface area contributed by atoms with Crippen LogP contribution in [-0.4, -0.2) is 29.3 Å². The SMILES string of the molecule is CCCNC(=O)[C@H](Cc1ccccc1)N(Cc1ccc(Cl)c(Cl)c1)C(=O)Cc1cc(C)cc(C)c1. The number of amides is 2. The van der Waals surface area contributed by atoms with E-state index in [9.17, 15) is 9.59 Å². The molecule has 3 aromatic carbocycles. The Morgan fingerprint density at radius 2 is 1.54 bits per heavy atom. The predicted octanol–water partition coefficient (Wildman–Crippen LogP) is 6.32. The highest BCUT2D eigenvalue weighted by atomic mass is 35.5. The molecule has 0 bridgehead atoms. The lowest BCUT2D eigenvalue weighted by atomic mass is 10.0. The molecule has 1 N–H and O–H groups in total. The van der Waals surface area contributed by atoms with Gasteiger partial charge in [0.25, 0.3) is 0 Å². The van der Waals surface area contributed by atoms with E-state index in [1.54, 1.807) is 17.0 Å². The molecule has 0 fully saturated rings. The molecule has 0 heterocycles. The van der Waals surface area contributed by atoms with Gasteiger partial charge in [0, 0.05) is 19.5 Å². The third kappa shape index (κ3) is 7.84. The van der Waals surface area contributed by atoms with Crippen LogP contribution in [0.3, 0.4) is 0 Å². The lowest BCUT2D eigenvalue weighted by Crippen LogP contribution is -2.51. The Labute approximate surface area is 218 Å². The van der Waals surface area contributed by atoms with Crippen molar-refractivity contribution in [2.75, 3.05) is 6.54 Å². The minimum atomic E-state index is -0.670. The van der Waals surface area contributed by atoms with Crippen molar-refractivity contribution in [2.24, 2.45) is 0 Å². The van der Waals surface area contributed by atoms with Gasteiger partial charge < -0.3 is 10.2 Å². The van der Waals surface area contributed by atoms with Crippen molar-refractivity contribution in [3.63, 3.8) is 0 Å². The first-order chi connectivity index (χ1) is 16.8. The van der Waals surface area contributed by atoms with E-state index in [4.69, 9.17) is 23.2 Å². The summed E-state index contributed by atoms with van der Waals surface area (Å²) in [6.07, 6.45) is 1.43. The van der Waals surface area contributed by atoms with E-state index in [-0.39, 0.29) is 24.8 Å². The molecule has 0 aliphatic carbocycles. The summed E-state index contributed by atoms with van der Waals surface area (Å²) in [7, 11) is 0. The average Bonchev–Trinajstić information content (AvgIpc) is 2.82. The van der Waals surface area contributed by atoms with Crippen LogP contribution in [0.1, 0.15) is 41.2 Å².